The molecule has 2 aromatic heterocycles. The predicted octanol–water partition coefficient (Wildman–Crippen LogP) is 5.21. The zero-order valence-corrected chi connectivity index (χ0v) is 25.3. The first-order chi connectivity index (χ1) is 20.0. The van der Waals surface area contributed by atoms with Crippen LogP contribution in [-0.2, 0) is 11.2 Å². The van der Waals surface area contributed by atoms with Crippen molar-refractivity contribution >= 4 is 27.4 Å². The van der Waals surface area contributed by atoms with Gasteiger partial charge in [0.15, 0.2) is 0 Å². The summed E-state index contributed by atoms with van der Waals surface area (Å²) in [6.07, 6.45) is 2.04. The second kappa shape index (κ2) is 13.0. The van der Waals surface area contributed by atoms with E-state index in [1.807, 2.05) is 13.8 Å². The van der Waals surface area contributed by atoms with Crippen LogP contribution in [0.2, 0.25) is 0 Å². The first-order valence-corrected chi connectivity index (χ1v) is 15.8. The van der Waals surface area contributed by atoms with Crippen LogP contribution in [0.25, 0.3) is 10.2 Å². The number of nitrogens with zero attached hydrogens (tertiary/aromatic N) is 5. The van der Waals surface area contributed by atoms with Crippen molar-refractivity contribution in [1.82, 2.24) is 19.8 Å². The Morgan fingerprint density at radius 2 is 1.98 bits per heavy atom. The third-order valence-corrected chi connectivity index (χ3v) is 10.1. The third-order valence-electron chi connectivity index (χ3n) is 9.05. The van der Waals surface area contributed by atoms with Crippen LogP contribution >= 0.6 is 11.3 Å². The van der Waals surface area contributed by atoms with Gasteiger partial charge in [0.2, 0.25) is 0 Å². The summed E-state index contributed by atoms with van der Waals surface area (Å²) in [4.78, 5) is 14.1. The highest BCUT2D eigenvalue weighted by Crippen LogP contribution is 2.44. The van der Waals surface area contributed by atoms with Crippen molar-refractivity contribution in [3.63, 3.8) is 0 Å². The van der Waals surface area contributed by atoms with Crippen LogP contribution in [0.5, 0.6) is 0 Å². The number of thiophene rings is 1. The highest BCUT2D eigenvalue weighted by Gasteiger charge is 2.44. The average molecular weight is 607 g/mol. The number of aromatic nitrogens is 2. The molecule has 2 N–H and O–H groups in total. The highest BCUT2D eigenvalue weighted by molar-refractivity contribution is 7.18. The van der Waals surface area contributed by atoms with Crippen molar-refractivity contribution in [3.8, 4) is 6.07 Å². The third kappa shape index (κ3) is 7.18. The summed E-state index contributed by atoms with van der Waals surface area (Å²) in [7, 11) is 0. The van der Waals surface area contributed by atoms with Crippen LogP contribution in [0, 0.1) is 29.1 Å². The number of fused-ring (bicyclic) bond motifs is 2. The summed E-state index contributed by atoms with van der Waals surface area (Å²) >= 11 is 1.07. The number of piperidine rings is 1. The van der Waals surface area contributed by atoms with E-state index in [1.165, 1.54) is 6.33 Å². The Labute approximate surface area is 249 Å². The molecule has 2 aliphatic heterocycles. The number of nitriles is 1. The van der Waals surface area contributed by atoms with E-state index in [-0.39, 0.29) is 35.8 Å². The lowest BCUT2D eigenvalue weighted by Crippen LogP contribution is -2.48. The number of rotatable bonds is 10. The molecule has 5 unspecified atom stereocenters. The molecule has 2 aromatic rings. The lowest BCUT2D eigenvalue weighted by molar-refractivity contribution is -0.126. The van der Waals surface area contributed by atoms with Crippen molar-refractivity contribution in [3.05, 3.63) is 29.0 Å². The van der Waals surface area contributed by atoms with E-state index < -0.39 is 12.6 Å². The molecular formula is C30H41F3N6O2S. The lowest BCUT2D eigenvalue weighted by atomic mass is 9.70. The number of allylic oxidation sites excluding steroid dienone is 1. The SMILES string of the molecule is CC(C)OC(CO)CN1C(C#N)=CC2C(C)C(CN3CCC(Nc4ncnc5sc(CC(F)(F)F)cc45)CC3)CCC21. The van der Waals surface area contributed by atoms with Crippen molar-refractivity contribution in [2.24, 2.45) is 17.8 Å². The maximum absolute atomic E-state index is 12.9. The van der Waals surface area contributed by atoms with Gasteiger partial charge in [0.25, 0.3) is 0 Å². The summed E-state index contributed by atoms with van der Waals surface area (Å²) in [5.74, 6) is 1.89. The van der Waals surface area contributed by atoms with Crippen molar-refractivity contribution in [2.75, 3.05) is 38.1 Å². The van der Waals surface area contributed by atoms with Gasteiger partial charge in [-0.05, 0) is 63.5 Å². The van der Waals surface area contributed by atoms with Crippen molar-refractivity contribution < 1.29 is 23.0 Å². The van der Waals surface area contributed by atoms with Gasteiger partial charge in [-0.25, -0.2) is 9.97 Å². The molecule has 42 heavy (non-hydrogen) atoms. The summed E-state index contributed by atoms with van der Waals surface area (Å²) in [5.41, 5.74) is 0.699. The maximum Gasteiger partial charge on any atom is 0.393 e. The van der Waals surface area contributed by atoms with Gasteiger partial charge >= 0.3 is 6.18 Å². The molecule has 3 aliphatic rings. The minimum atomic E-state index is -4.25. The number of alkyl halides is 3. The standard InChI is InChI=1S/C30H41F3N6O2S/c1-18(2)41-23(16-40)15-39-22(13-34)10-25-19(3)20(4-5-27(25)39)14-38-8-6-21(7-9-38)37-28-26-11-24(12-30(31,32)33)42-29(26)36-17-35-28/h10-11,17-21,23,25,27,40H,4-9,12,14-16H2,1-3H3,(H,35,36,37). The van der Waals surface area contributed by atoms with Gasteiger partial charge in [-0.3, -0.25) is 0 Å². The van der Waals surface area contributed by atoms with Gasteiger partial charge in [-0.15, -0.1) is 11.3 Å². The van der Waals surface area contributed by atoms with Gasteiger partial charge < -0.3 is 25.0 Å². The number of nitrogens with one attached hydrogen (secondary N) is 1. The van der Waals surface area contributed by atoms with Crippen LogP contribution in [0.3, 0.4) is 0 Å². The minimum absolute atomic E-state index is 0.0118. The molecule has 4 heterocycles. The Kier molecular flexibility index (Phi) is 9.62. The molecule has 1 aliphatic carbocycles. The van der Waals surface area contributed by atoms with Crippen molar-refractivity contribution in [2.45, 2.75) is 83.3 Å². The summed E-state index contributed by atoms with van der Waals surface area (Å²) in [6.45, 7) is 9.60. The number of anilines is 1. The molecule has 0 amide bonds. The fraction of sp³-hybridized carbons (Fsp3) is 0.700. The van der Waals surface area contributed by atoms with Crippen LogP contribution in [0.4, 0.5) is 19.0 Å². The monoisotopic (exact) mass is 606 g/mol. The number of hydrogen-bond acceptors (Lipinski definition) is 9. The molecule has 8 nitrogen and oxygen atoms in total. The highest BCUT2D eigenvalue weighted by atomic mass is 32.1. The Balaban J connectivity index is 1.14. The largest absolute Gasteiger partial charge is 0.394 e. The first kappa shape index (κ1) is 31.0. The topological polar surface area (TPSA) is 97.5 Å². The van der Waals surface area contributed by atoms with E-state index >= 15 is 0 Å². The van der Waals surface area contributed by atoms with E-state index in [0.29, 0.717) is 46.0 Å². The predicted molar refractivity (Wildman–Crippen MR) is 157 cm³/mol. The van der Waals surface area contributed by atoms with Crippen LogP contribution in [0.1, 0.15) is 51.3 Å². The number of aliphatic hydroxyl groups is 1. The van der Waals surface area contributed by atoms with Gasteiger partial charge in [0.05, 0.1) is 30.6 Å². The Hall–Kier alpha value is -2.46. The maximum atomic E-state index is 12.9. The van der Waals surface area contributed by atoms with E-state index in [9.17, 15) is 23.5 Å². The Bertz CT molecular complexity index is 1290. The van der Waals surface area contributed by atoms with Crippen LogP contribution in [0.15, 0.2) is 24.2 Å². The van der Waals surface area contributed by atoms with Crippen molar-refractivity contribution in [1.29, 1.82) is 5.26 Å². The number of aliphatic hydroxyl groups excluding tert-OH is 1. The Morgan fingerprint density at radius 1 is 1.21 bits per heavy atom. The lowest BCUT2D eigenvalue weighted by Gasteiger charge is -2.44. The first-order valence-electron chi connectivity index (χ1n) is 15.0. The van der Waals surface area contributed by atoms with Gasteiger partial charge in [0, 0.05) is 49.1 Å². The van der Waals surface area contributed by atoms with E-state index in [4.69, 9.17) is 4.74 Å². The fourth-order valence-electron chi connectivity index (χ4n) is 7.02. The molecule has 230 valence electrons. The number of likely N-dealkylation sites (tertiary alicyclic amines) is 1. The molecule has 5 rings (SSSR count). The number of ether oxygens (including phenoxy) is 1. The molecule has 0 bridgehead atoms. The molecule has 1 saturated carbocycles. The molecule has 0 spiro atoms. The molecule has 0 radical (unpaired) electrons. The summed E-state index contributed by atoms with van der Waals surface area (Å²) in [6, 6.07) is 4.43. The van der Waals surface area contributed by atoms with E-state index in [0.717, 1.165) is 56.7 Å². The van der Waals surface area contributed by atoms with Gasteiger partial charge in [0.1, 0.15) is 28.7 Å². The molecule has 12 heteroatoms. The fourth-order valence-corrected chi connectivity index (χ4v) is 8.05. The zero-order valence-electron chi connectivity index (χ0n) is 24.5. The molecule has 2 fully saturated rings. The quantitative estimate of drug-likeness (QED) is 0.381. The number of halogens is 3. The number of hydrogen-bond donors (Lipinski definition) is 2. The average Bonchev–Trinajstić information content (AvgIpc) is 3.51. The van der Waals surface area contributed by atoms with Gasteiger partial charge in [-0.1, -0.05) is 6.92 Å². The molecule has 5 atom stereocenters. The second-order valence-electron chi connectivity index (χ2n) is 12.3. The van der Waals surface area contributed by atoms with Gasteiger partial charge in [-0.2, -0.15) is 18.4 Å². The summed E-state index contributed by atoms with van der Waals surface area (Å²) in [5, 5.41) is 23.9. The molecular weight excluding hydrogens is 565 g/mol. The second-order valence-corrected chi connectivity index (χ2v) is 13.4. The molecule has 1 saturated heterocycles. The minimum Gasteiger partial charge on any atom is -0.394 e. The zero-order chi connectivity index (χ0) is 30.0. The molecule has 0 aromatic carbocycles. The Morgan fingerprint density at radius 3 is 2.64 bits per heavy atom. The van der Waals surface area contributed by atoms with E-state index in [1.54, 1.807) is 6.07 Å². The van der Waals surface area contributed by atoms with Crippen LogP contribution < -0.4 is 5.32 Å². The van der Waals surface area contributed by atoms with E-state index in [2.05, 4.69) is 44.2 Å². The summed E-state index contributed by atoms with van der Waals surface area (Å²) < 4.78 is 44.6. The normalized spacial score (nSPS) is 26.4. The smallest absolute Gasteiger partial charge is 0.393 e. The van der Waals surface area contributed by atoms with Crippen LogP contribution in [-0.4, -0.2) is 88.1 Å².